The van der Waals surface area contributed by atoms with Crippen LogP contribution in [0.2, 0.25) is 0 Å². The quantitative estimate of drug-likeness (QED) is 0.867. The Morgan fingerprint density at radius 2 is 2.08 bits per heavy atom. The van der Waals surface area contributed by atoms with E-state index in [9.17, 15) is 9.18 Å². The van der Waals surface area contributed by atoms with Gasteiger partial charge in [-0.15, -0.1) is 0 Å². The highest BCUT2D eigenvalue weighted by Crippen LogP contribution is 2.39. The van der Waals surface area contributed by atoms with Crippen molar-refractivity contribution in [3.05, 3.63) is 35.3 Å². The summed E-state index contributed by atoms with van der Waals surface area (Å²) in [6.07, 6.45) is 4.24. The molecule has 2 aliphatic heterocycles. The number of piperidine rings is 1. The molecule has 1 N–H and O–H groups in total. The predicted molar refractivity (Wildman–Crippen MR) is 90.6 cm³/mol. The molecule has 0 bridgehead atoms. The zero-order chi connectivity index (χ0) is 16.7. The number of H-pyrrole nitrogens is 1. The van der Waals surface area contributed by atoms with Crippen LogP contribution in [0.3, 0.4) is 0 Å². The Labute approximate surface area is 141 Å². The molecule has 1 aromatic heterocycles. The minimum atomic E-state index is -0.311. The molecule has 2 fully saturated rings. The van der Waals surface area contributed by atoms with E-state index in [2.05, 4.69) is 4.98 Å². The van der Waals surface area contributed by atoms with Gasteiger partial charge in [0.25, 0.3) is 5.91 Å². The second-order valence-corrected chi connectivity index (χ2v) is 7.23. The van der Waals surface area contributed by atoms with Gasteiger partial charge < -0.3 is 14.6 Å². The summed E-state index contributed by atoms with van der Waals surface area (Å²) in [6, 6.07) is 4.96. The van der Waals surface area contributed by atoms with Crippen LogP contribution in [0.1, 0.15) is 41.7 Å². The number of carbonyl (C=O) groups excluding carboxylic acids is 1. The predicted octanol–water partition coefficient (Wildman–Crippen LogP) is 3.65. The number of nitrogens with zero attached hydrogens (tertiary/aromatic N) is 1. The first-order valence-corrected chi connectivity index (χ1v) is 8.73. The highest BCUT2D eigenvalue weighted by molar-refractivity contribution is 6.01. The number of fused-ring (bicyclic) bond motifs is 1. The normalized spacial score (nSPS) is 20.7. The lowest BCUT2D eigenvalue weighted by Crippen LogP contribution is -2.48. The van der Waals surface area contributed by atoms with Gasteiger partial charge in [0.15, 0.2) is 0 Å². The van der Waals surface area contributed by atoms with Crippen molar-refractivity contribution < 1.29 is 13.9 Å². The molecule has 4 rings (SSSR count). The number of benzene rings is 1. The summed E-state index contributed by atoms with van der Waals surface area (Å²) in [5, 5.41) is 0.788. The van der Waals surface area contributed by atoms with Crippen molar-refractivity contribution in [1.82, 2.24) is 9.88 Å². The molecule has 128 valence electrons. The lowest BCUT2D eigenvalue weighted by atomic mass is 9.74. The monoisotopic (exact) mass is 330 g/mol. The average Bonchev–Trinajstić information content (AvgIpc) is 2.93. The van der Waals surface area contributed by atoms with Crippen molar-refractivity contribution >= 4 is 16.8 Å². The van der Waals surface area contributed by atoms with E-state index in [0.29, 0.717) is 11.2 Å². The number of likely N-dealkylation sites (tertiary alicyclic amines) is 1. The van der Waals surface area contributed by atoms with Gasteiger partial charge in [-0.05, 0) is 49.7 Å². The van der Waals surface area contributed by atoms with E-state index in [1.807, 2.05) is 17.9 Å². The molecule has 3 heterocycles. The summed E-state index contributed by atoms with van der Waals surface area (Å²) in [5.74, 6) is -0.317. The van der Waals surface area contributed by atoms with Gasteiger partial charge in [0.05, 0.1) is 5.52 Å². The molecule has 0 aliphatic carbocycles. The molecule has 5 heteroatoms. The zero-order valence-electron chi connectivity index (χ0n) is 14.0. The number of aryl methyl sites for hydroxylation is 1. The Bertz CT molecular complexity index is 772. The Morgan fingerprint density at radius 3 is 2.83 bits per heavy atom. The third-order valence-corrected chi connectivity index (χ3v) is 5.76. The topological polar surface area (TPSA) is 45.3 Å². The van der Waals surface area contributed by atoms with E-state index in [0.717, 1.165) is 56.5 Å². The third kappa shape index (κ3) is 2.51. The molecule has 2 aromatic rings. The molecule has 1 spiro atoms. The van der Waals surface area contributed by atoms with Crippen LogP contribution in [0.15, 0.2) is 18.2 Å². The minimum Gasteiger partial charge on any atom is -0.381 e. The number of carbonyl (C=O) groups is 1. The zero-order valence-corrected chi connectivity index (χ0v) is 14.0. The number of hydrogen-bond donors (Lipinski definition) is 1. The van der Waals surface area contributed by atoms with Gasteiger partial charge in [-0.25, -0.2) is 4.39 Å². The molecule has 4 nitrogen and oxygen atoms in total. The lowest BCUT2D eigenvalue weighted by molar-refractivity contribution is -0.0230. The van der Waals surface area contributed by atoms with Crippen LogP contribution in [-0.4, -0.2) is 42.1 Å². The van der Waals surface area contributed by atoms with Gasteiger partial charge in [-0.1, -0.05) is 12.1 Å². The van der Waals surface area contributed by atoms with Gasteiger partial charge in [0.1, 0.15) is 11.5 Å². The standard InChI is InChI=1S/C19H23FN2O2/c1-13-14-4-2-5-15(20)17(14)21-16(13)18(23)22-9-3-6-19(12-22)7-10-24-11-8-19/h2,4-5,21H,3,6-12H2,1H3. The number of ether oxygens (including phenoxy) is 1. The minimum absolute atomic E-state index is 0.00586. The molecule has 0 unspecified atom stereocenters. The fourth-order valence-corrected chi connectivity index (χ4v) is 4.28. The van der Waals surface area contributed by atoms with Gasteiger partial charge in [0.2, 0.25) is 0 Å². The first-order chi connectivity index (χ1) is 11.6. The summed E-state index contributed by atoms with van der Waals surface area (Å²) < 4.78 is 19.5. The highest BCUT2D eigenvalue weighted by atomic mass is 19.1. The highest BCUT2D eigenvalue weighted by Gasteiger charge is 2.39. The van der Waals surface area contributed by atoms with Gasteiger partial charge in [0, 0.05) is 31.7 Å². The first kappa shape index (κ1) is 15.6. The van der Waals surface area contributed by atoms with E-state index in [1.165, 1.54) is 12.5 Å². The number of aromatic nitrogens is 1. The number of hydrogen-bond acceptors (Lipinski definition) is 2. The summed E-state index contributed by atoms with van der Waals surface area (Å²) in [4.78, 5) is 18.0. The molecule has 24 heavy (non-hydrogen) atoms. The fraction of sp³-hybridized carbons (Fsp3) is 0.526. The number of nitrogens with one attached hydrogen (secondary N) is 1. The first-order valence-electron chi connectivity index (χ1n) is 8.73. The molecular formula is C19H23FN2O2. The summed E-state index contributed by atoms with van der Waals surface area (Å²) in [6.45, 7) is 5.03. The number of para-hydroxylation sites is 1. The fourth-order valence-electron chi connectivity index (χ4n) is 4.28. The van der Waals surface area contributed by atoms with Crippen LogP contribution in [0.5, 0.6) is 0 Å². The lowest BCUT2D eigenvalue weighted by Gasteiger charge is -2.45. The summed E-state index contributed by atoms with van der Waals surface area (Å²) in [5.41, 5.74) is 1.99. The van der Waals surface area contributed by atoms with Crippen molar-refractivity contribution in [2.75, 3.05) is 26.3 Å². The third-order valence-electron chi connectivity index (χ3n) is 5.76. The van der Waals surface area contributed by atoms with E-state index < -0.39 is 0 Å². The van der Waals surface area contributed by atoms with Crippen molar-refractivity contribution in [3.8, 4) is 0 Å². The summed E-state index contributed by atoms with van der Waals surface area (Å²) in [7, 11) is 0. The van der Waals surface area contributed by atoms with Crippen molar-refractivity contribution in [1.29, 1.82) is 0 Å². The van der Waals surface area contributed by atoms with Crippen LogP contribution in [0.4, 0.5) is 4.39 Å². The largest absolute Gasteiger partial charge is 0.381 e. The van der Waals surface area contributed by atoms with Crippen LogP contribution in [0, 0.1) is 18.2 Å². The molecule has 0 atom stereocenters. The molecular weight excluding hydrogens is 307 g/mol. The number of halogens is 1. The Morgan fingerprint density at radius 1 is 1.29 bits per heavy atom. The van der Waals surface area contributed by atoms with Gasteiger partial charge in [-0.3, -0.25) is 4.79 Å². The molecule has 1 aromatic carbocycles. The molecule has 2 aliphatic rings. The Balaban J connectivity index is 1.64. The average molecular weight is 330 g/mol. The number of amides is 1. The van der Waals surface area contributed by atoms with Crippen LogP contribution in [0.25, 0.3) is 10.9 Å². The maximum Gasteiger partial charge on any atom is 0.270 e. The second-order valence-electron chi connectivity index (χ2n) is 7.23. The van der Waals surface area contributed by atoms with Gasteiger partial charge in [-0.2, -0.15) is 0 Å². The van der Waals surface area contributed by atoms with E-state index >= 15 is 0 Å². The van der Waals surface area contributed by atoms with E-state index in [1.54, 1.807) is 6.07 Å². The Hall–Kier alpha value is -1.88. The van der Waals surface area contributed by atoms with Crippen molar-refractivity contribution in [2.24, 2.45) is 5.41 Å². The smallest absolute Gasteiger partial charge is 0.270 e. The molecule has 1 amide bonds. The number of aromatic amines is 1. The SMILES string of the molecule is Cc1c(C(=O)N2CCCC3(CCOCC3)C2)[nH]c2c(F)cccc12. The van der Waals surface area contributed by atoms with E-state index in [-0.39, 0.29) is 17.1 Å². The summed E-state index contributed by atoms with van der Waals surface area (Å²) >= 11 is 0. The maximum absolute atomic E-state index is 14.0. The molecule has 2 saturated heterocycles. The number of rotatable bonds is 1. The Kier molecular flexibility index (Phi) is 3.83. The second kappa shape index (κ2) is 5.88. The molecule has 0 radical (unpaired) electrons. The van der Waals surface area contributed by atoms with Gasteiger partial charge >= 0.3 is 0 Å². The van der Waals surface area contributed by atoms with Crippen molar-refractivity contribution in [2.45, 2.75) is 32.6 Å². The van der Waals surface area contributed by atoms with Crippen LogP contribution < -0.4 is 0 Å². The van der Waals surface area contributed by atoms with Crippen molar-refractivity contribution in [3.63, 3.8) is 0 Å². The maximum atomic E-state index is 14.0. The van der Waals surface area contributed by atoms with Crippen LogP contribution in [-0.2, 0) is 4.74 Å². The van der Waals surface area contributed by atoms with Crippen LogP contribution >= 0.6 is 0 Å². The van der Waals surface area contributed by atoms with E-state index in [4.69, 9.17) is 4.74 Å². The molecule has 0 saturated carbocycles.